The quantitative estimate of drug-likeness (QED) is 0.827. The molecule has 0 aliphatic rings. The lowest BCUT2D eigenvalue weighted by Crippen LogP contribution is -2.29. The maximum atomic E-state index is 12.1. The molecule has 0 bridgehead atoms. The van der Waals surface area contributed by atoms with Gasteiger partial charge in [0.25, 0.3) is 5.56 Å². The zero-order valence-corrected chi connectivity index (χ0v) is 9.29. The SMILES string of the molecule is CC(O)C(C)n1cnc2ccccc2c1=O. The molecule has 2 rings (SSSR count). The zero-order valence-electron chi connectivity index (χ0n) is 9.29. The van der Waals surface area contributed by atoms with Gasteiger partial charge in [-0.1, -0.05) is 12.1 Å². The lowest BCUT2D eigenvalue weighted by atomic mass is 10.2. The fourth-order valence-corrected chi connectivity index (χ4v) is 1.61. The molecule has 16 heavy (non-hydrogen) atoms. The van der Waals surface area contributed by atoms with E-state index in [4.69, 9.17) is 0 Å². The van der Waals surface area contributed by atoms with Gasteiger partial charge in [0.1, 0.15) is 0 Å². The van der Waals surface area contributed by atoms with Crippen LogP contribution in [0.15, 0.2) is 35.4 Å². The number of fused-ring (bicyclic) bond motifs is 1. The fraction of sp³-hybridized carbons (Fsp3) is 0.333. The van der Waals surface area contributed by atoms with E-state index >= 15 is 0 Å². The molecule has 84 valence electrons. The van der Waals surface area contributed by atoms with Gasteiger partial charge in [-0.15, -0.1) is 0 Å². The highest BCUT2D eigenvalue weighted by Crippen LogP contribution is 2.10. The van der Waals surface area contributed by atoms with Crippen molar-refractivity contribution in [1.82, 2.24) is 9.55 Å². The van der Waals surface area contributed by atoms with Gasteiger partial charge in [-0.2, -0.15) is 0 Å². The highest BCUT2D eigenvalue weighted by Gasteiger charge is 2.13. The van der Waals surface area contributed by atoms with Crippen molar-refractivity contribution in [2.24, 2.45) is 0 Å². The number of aliphatic hydroxyl groups excluding tert-OH is 1. The smallest absolute Gasteiger partial charge is 0.261 e. The number of aromatic nitrogens is 2. The normalized spacial score (nSPS) is 14.9. The van der Waals surface area contributed by atoms with E-state index in [9.17, 15) is 9.90 Å². The molecule has 0 aliphatic heterocycles. The van der Waals surface area contributed by atoms with Crippen molar-refractivity contribution >= 4 is 10.9 Å². The third kappa shape index (κ3) is 1.72. The van der Waals surface area contributed by atoms with E-state index < -0.39 is 6.10 Å². The molecule has 0 fully saturated rings. The second-order valence-electron chi connectivity index (χ2n) is 3.96. The van der Waals surface area contributed by atoms with Gasteiger partial charge in [0.05, 0.1) is 29.4 Å². The van der Waals surface area contributed by atoms with Gasteiger partial charge < -0.3 is 5.11 Å². The molecule has 0 saturated heterocycles. The molecule has 4 nitrogen and oxygen atoms in total. The molecule has 1 aromatic carbocycles. The van der Waals surface area contributed by atoms with Crippen LogP contribution >= 0.6 is 0 Å². The number of aliphatic hydroxyl groups is 1. The first kappa shape index (κ1) is 10.8. The van der Waals surface area contributed by atoms with Crippen molar-refractivity contribution in [3.63, 3.8) is 0 Å². The van der Waals surface area contributed by atoms with Crippen molar-refractivity contribution in [1.29, 1.82) is 0 Å². The number of nitrogens with zero attached hydrogens (tertiary/aromatic N) is 2. The molecule has 0 aliphatic carbocycles. The molecule has 1 heterocycles. The van der Waals surface area contributed by atoms with Crippen molar-refractivity contribution in [2.45, 2.75) is 26.0 Å². The highest BCUT2D eigenvalue weighted by atomic mass is 16.3. The molecule has 0 radical (unpaired) electrons. The van der Waals surface area contributed by atoms with E-state index in [0.29, 0.717) is 10.9 Å². The molecule has 1 N–H and O–H groups in total. The summed E-state index contributed by atoms with van der Waals surface area (Å²) in [5, 5.41) is 10.1. The summed E-state index contributed by atoms with van der Waals surface area (Å²) in [6.07, 6.45) is 0.905. The van der Waals surface area contributed by atoms with Gasteiger partial charge in [0.2, 0.25) is 0 Å². The highest BCUT2D eigenvalue weighted by molar-refractivity contribution is 5.76. The topological polar surface area (TPSA) is 55.1 Å². The summed E-state index contributed by atoms with van der Waals surface area (Å²) in [6, 6.07) is 6.92. The third-order valence-corrected chi connectivity index (χ3v) is 2.83. The summed E-state index contributed by atoms with van der Waals surface area (Å²) in [5.41, 5.74) is 0.570. The van der Waals surface area contributed by atoms with Crippen LogP contribution in [-0.4, -0.2) is 20.8 Å². The second kappa shape index (κ2) is 4.06. The Morgan fingerprint density at radius 2 is 2.00 bits per heavy atom. The van der Waals surface area contributed by atoms with Crippen LogP contribution in [0.1, 0.15) is 19.9 Å². The summed E-state index contributed by atoms with van der Waals surface area (Å²) >= 11 is 0. The number of hydrogen-bond donors (Lipinski definition) is 1. The molecular weight excluding hydrogens is 204 g/mol. The summed E-state index contributed by atoms with van der Waals surface area (Å²) in [7, 11) is 0. The van der Waals surface area contributed by atoms with Crippen molar-refractivity contribution in [3.8, 4) is 0 Å². The van der Waals surface area contributed by atoms with E-state index in [1.807, 2.05) is 12.1 Å². The first-order chi connectivity index (χ1) is 7.61. The lowest BCUT2D eigenvalue weighted by molar-refractivity contribution is 0.137. The van der Waals surface area contributed by atoms with Crippen LogP contribution in [0.4, 0.5) is 0 Å². The van der Waals surface area contributed by atoms with Gasteiger partial charge >= 0.3 is 0 Å². The molecule has 2 atom stereocenters. The molecule has 1 aromatic heterocycles. The fourth-order valence-electron chi connectivity index (χ4n) is 1.61. The van der Waals surface area contributed by atoms with E-state index in [-0.39, 0.29) is 11.6 Å². The Kier molecular flexibility index (Phi) is 2.75. The molecule has 2 aromatic rings. The molecule has 0 spiro atoms. The minimum atomic E-state index is -0.583. The Morgan fingerprint density at radius 3 is 2.69 bits per heavy atom. The van der Waals surface area contributed by atoms with Gasteiger partial charge in [-0.05, 0) is 26.0 Å². The standard InChI is InChI=1S/C12H14N2O2/c1-8(9(2)15)14-7-13-11-6-4-3-5-10(11)12(14)16/h3-9,15H,1-2H3. The summed E-state index contributed by atoms with van der Waals surface area (Å²) in [5.74, 6) is 0. The van der Waals surface area contributed by atoms with E-state index in [1.54, 1.807) is 26.0 Å². The maximum absolute atomic E-state index is 12.1. The zero-order chi connectivity index (χ0) is 11.7. The van der Waals surface area contributed by atoms with Gasteiger partial charge in [0, 0.05) is 0 Å². The summed E-state index contributed by atoms with van der Waals surface area (Å²) in [4.78, 5) is 16.3. The Morgan fingerprint density at radius 1 is 1.31 bits per heavy atom. The average molecular weight is 218 g/mol. The predicted molar refractivity (Wildman–Crippen MR) is 62.4 cm³/mol. The van der Waals surface area contributed by atoms with Gasteiger partial charge in [0.15, 0.2) is 0 Å². The Labute approximate surface area is 93.2 Å². The molecule has 4 heteroatoms. The molecule has 2 unspecified atom stereocenters. The van der Waals surface area contributed by atoms with E-state index in [1.165, 1.54) is 10.9 Å². The van der Waals surface area contributed by atoms with E-state index in [2.05, 4.69) is 4.98 Å². The van der Waals surface area contributed by atoms with Crippen LogP contribution in [0, 0.1) is 0 Å². The minimum absolute atomic E-state index is 0.112. The van der Waals surface area contributed by atoms with Crippen LogP contribution in [-0.2, 0) is 0 Å². The number of benzene rings is 1. The van der Waals surface area contributed by atoms with Crippen LogP contribution in [0.25, 0.3) is 10.9 Å². The minimum Gasteiger partial charge on any atom is -0.391 e. The second-order valence-corrected chi connectivity index (χ2v) is 3.96. The van der Waals surface area contributed by atoms with E-state index in [0.717, 1.165) is 0 Å². The average Bonchev–Trinajstić information content (AvgIpc) is 2.29. The predicted octanol–water partition coefficient (Wildman–Crippen LogP) is 1.34. The van der Waals surface area contributed by atoms with Crippen molar-refractivity contribution in [2.75, 3.05) is 0 Å². The first-order valence-electron chi connectivity index (χ1n) is 5.25. The van der Waals surface area contributed by atoms with Crippen LogP contribution in [0.5, 0.6) is 0 Å². The summed E-state index contributed by atoms with van der Waals surface area (Å²) < 4.78 is 1.47. The van der Waals surface area contributed by atoms with Crippen LogP contribution < -0.4 is 5.56 Å². The Bertz CT molecular complexity index is 560. The Balaban J connectivity index is 2.66. The molecular formula is C12H14N2O2. The number of rotatable bonds is 2. The monoisotopic (exact) mass is 218 g/mol. The lowest BCUT2D eigenvalue weighted by Gasteiger charge is -2.17. The number of hydrogen-bond acceptors (Lipinski definition) is 3. The number of para-hydroxylation sites is 1. The molecule has 0 saturated carbocycles. The maximum Gasteiger partial charge on any atom is 0.261 e. The van der Waals surface area contributed by atoms with Crippen LogP contribution in [0.2, 0.25) is 0 Å². The van der Waals surface area contributed by atoms with Gasteiger partial charge in [-0.25, -0.2) is 4.98 Å². The van der Waals surface area contributed by atoms with Crippen LogP contribution in [0.3, 0.4) is 0 Å². The Hall–Kier alpha value is -1.68. The first-order valence-corrected chi connectivity index (χ1v) is 5.25. The summed E-state index contributed by atoms with van der Waals surface area (Å²) in [6.45, 7) is 3.45. The van der Waals surface area contributed by atoms with Gasteiger partial charge in [-0.3, -0.25) is 9.36 Å². The molecule has 0 amide bonds. The third-order valence-electron chi connectivity index (χ3n) is 2.83. The van der Waals surface area contributed by atoms with Crippen molar-refractivity contribution in [3.05, 3.63) is 40.9 Å². The van der Waals surface area contributed by atoms with Crippen molar-refractivity contribution < 1.29 is 5.11 Å². The largest absolute Gasteiger partial charge is 0.391 e.